The third-order valence-corrected chi connectivity index (χ3v) is 7.22. The first-order valence-electron chi connectivity index (χ1n) is 11.8. The fourth-order valence-electron chi connectivity index (χ4n) is 4.09. The highest BCUT2D eigenvalue weighted by molar-refractivity contribution is 7.99. The summed E-state index contributed by atoms with van der Waals surface area (Å²) in [7, 11) is 1.86. The maximum absolute atomic E-state index is 13.2. The average Bonchev–Trinajstić information content (AvgIpc) is 3.58. The molecule has 0 aliphatic heterocycles. The van der Waals surface area contributed by atoms with Crippen molar-refractivity contribution >= 4 is 46.5 Å². The Hall–Kier alpha value is -4.17. The molecule has 36 heavy (non-hydrogen) atoms. The van der Waals surface area contributed by atoms with Gasteiger partial charge in [0.1, 0.15) is 5.82 Å². The molecule has 3 aromatic heterocycles. The zero-order valence-electron chi connectivity index (χ0n) is 19.7. The SMILES string of the molecule is Cn1nc(C2CC2)cc1NC(=O)c1ccccc1Sc1ccc2c(/C=C/c3ccccn3)n[nH]c2c1. The fraction of sp³-hybridized carbons (Fsp3) is 0.143. The van der Waals surface area contributed by atoms with E-state index in [2.05, 4.69) is 43.8 Å². The van der Waals surface area contributed by atoms with Crippen molar-refractivity contribution in [2.75, 3.05) is 5.32 Å². The van der Waals surface area contributed by atoms with Gasteiger partial charge < -0.3 is 5.32 Å². The molecule has 1 amide bonds. The number of benzene rings is 2. The average molecular weight is 493 g/mol. The van der Waals surface area contributed by atoms with E-state index in [-0.39, 0.29) is 5.91 Å². The molecule has 1 aliphatic carbocycles. The van der Waals surface area contributed by atoms with Gasteiger partial charge in [0.15, 0.2) is 0 Å². The number of pyridine rings is 1. The summed E-state index contributed by atoms with van der Waals surface area (Å²) in [5, 5.41) is 16.2. The number of aryl methyl sites for hydroxylation is 1. The molecular weight excluding hydrogens is 468 g/mol. The van der Waals surface area contributed by atoms with Crippen LogP contribution in [0.5, 0.6) is 0 Å². The van der Waals surface area contributed by atoms with Crippen molar-refractivity contribution in [3.63, 3.8) is 0 Å². The van der Waals surface area contributed by atoms with Crippen LogP contribution in [0.25, 0.3) is 23.1 Å². The van der Waals surface area contributed by atoms with E-state index in [0.29, 0.717) is 17.3 Å². The lowest BCUT2D eigenvalue weighted by atomic mass is 10.2. The molecule has 0 spiro atoms. The molecule has 8 heteroatoms. The number of hydrogen-bond donors (Lipinski definition) is 2. The lowest BCUT2D eigenvalue weighted by Crippen LogP contribution is -2.15. The third-order valence-electron chi connectivity index (χ3n) is 6.16. The number of fused-ring (bicyclic) bond motifs is 1. The summed E-state index contributed by atoms with van der Waals surface area (Å²) >= 11 is 1.55. The molecule has 0 atom stereocenters. The molecule has 0 saturated heterocycles. The van der Waals surface area contributed by atoms with Crippen LogP contribution in [0.2, 0.25) is 0 Å². The maximum Gasteiger partial charge on any atom is 0.257 e. The Bertz CT molecular complexity index is 1580. The van der Waals surface area contributed by atoms with Crippen molar-refractivity contribution in [3.05, 3.63) is 95.6 Å². The predicted octanol–water partition coefficient (Wildman–Crippen LogP) is 6.14. The summed E-state index contributed by atoms with van der Waals surface area (Å²) in [6.45, 7) is 0. The highest BCUT2D eigenvalue weighted by Gasteiger charge is 2.27. The van der Waals surface area contributed by atoms with E-state index in [1.165, 1.54) is 12.8 Å². The highest BCUT2D eigenvalue weighted by Crippen LogP contribution is 2.40. The second-order valence-corrected chi connectivity index (χ2v) is 9.92. The number of aromatic amines is 1. The van der Waals surface area contributed by atoms with Gasteiger partial charge in [-0.15, -0.1) is 0 Å². The molecule has 1 fully saturated rings. The molecule has 1 saturated carbocycles. The molecule has 0 bridgehead atoms. The monoisotopic (exact) mass is 492 g/mol. The first kappa shape index (κ1) is 22.3. The second-order valence-electron chi connectivity index (χ2n) is 8.81. The van der Waals surface area contributed by atoms with E-state index in [9.17, 15) is 4.79 Å². The van der Waals surface area contributed by atoms with Gasteiger partial charge in [0, 0.05) is 40.4 Å². The normalized spacial score (nSPS) is 13.5. The molecule has 178 valence electrons. The van der Waals surface area contributed by atoms with E-state index in [0.717, 1.165) is 37.8 Å². The third kappa shape index (κ3) is 4.67. The molecule has 0 radical (unpaired) electrons. The topological polar surface area (TPSA) is 88.5 Å². The van der Waals surface area contributed by atoms with Crippen LogP contribution >= 0.6 is 11.8 Å². The minimum absolute atomic E-state index is 0.145. The Labute approximate surface area is 212 Å². The standard InChI is InChI=1S/C28H24N6OS/c1-34-27(17-24(33-34)18-9-10-18)30-28(35)22-7-2-3-8-26(22)36-20-12-13-21-23(31-32-25(21)16-20)14-11-19-6-4-5-15-29-19/h2-8,11-18H,9-10H2,1H3,(H,30,35)(H,31,32)/b14-11+. The molecule has 1 aliphatic rings. The maximum atomic E-state index is 13.2. The van der Waals surface area contributed by atoms with E-state index >= 15 is 0 Å². The highest BCUT2D eigenvalue weighted by atomic mass is 32.2. The van der Waals surface area contributed by atoms with Gasteiger partial charge in [-0.25, -0.2) is 0 Å². The second kappa shape index (κ2) is 9.47. The fourth-order valence-corrected chi connectivity index (χ4v) is 5.07. The van der Waals surface area contributed by atoms with Crippen LogP contribution < -0.4 is 5.32 Å². The van der Waals surface area contributed by atoms with Gasteiger partial charge in [0.05, 0.1) is 28.2 Å². The van der Waals surface area contributed by atoms with Crippen LogP contribution in [0.15, 0.2) is 82.7 Å². The van der Waals surface area contributed by atoms with Crippen molar-refractivity contribution in [1.29, 1.82) is 0 Å². The number of H-pyrrole nitrogens is 1. The van der Waals surface area contributed by atoms with Gasteiger partial charge in [-0.05, 0) is 67.5 Å². The molecule has 5 aromatic rings. The Morgan fingerprint density at radius 2 is 1.94 bits per heavy atom. The Balaban J connectivity index is 1.21. The number of rotatable bonds is 7. The molecule has 0 unspecified atom stereocenters. The summed E-state index contributed by atoms with van der Waals surface area (Å²) < 4.78 is 1.74. The zero-order chi connectivity index (χ0) is 24.5. The van der Waals surface area contributed by atoms with E-state index in [1.807, 2.05) is 67.7 Å². The molecule has 3 heterocycles. The van der Waals surface area contributed by atoms with Crippen LogP contribution in [-0.4, -0.2) is 30.9 Å². The Kier molecular flexibility index (Phi) is 5.87. The van der Waals surface area contributed by atoms with Gasteiger partial charge in [0.25, 0.3) is 5.91 Å². The molecule has 7 nitrogen and oxygen atoms in total. The molecule has 6 rings (SSSR count). The number of nitrogens with one attached hydrogen (secondary N) is 2. The number of hydrogen-bond acceptors (Lipinski definition) is 5. The van der Waals surface area contributed by atoms with Crippen LogP contribution in [0.4, 0.5) is 5.82 Å². The van der Waals surface area contributed by atoms with Crippen LogP contribution in [0.1, 0.15) is 46.2 Å². The van der Waals surface area contributed by atoms with Gasteiger partial charge >= 0.3 is 0 Å². The molecule has 2 aromatic carbocycles. The van der Waals surface area contributed by atoms with Crippen molar-refractivity contribution in [2.45, 2.75) is 28.6 Å². The molecule has 2 N–H and O–H groups in total. The number of carbonyl (C=O) groups excluding carboxylic acids is 1. The number of amides is 1. The first-order chi connectivity index (χ1) is 17.6. The Morgan fingerprint density at radius 1 is 1.08 bits per heavy atom. The van der Waals surface area contributed by atoms with Gasteiger partial charge in [-0.1, -0.05) is 30.0 Å². The van der Waals surface area contributed by atoms with Crippen LogP contribution in [0, 0.1) is 0 Å². The summed E-state index contributed by atoms with van der Waals surface area (Å²) in [5.74, 6) is 1.10. The smallest absolute Gasteiger partial charge is 0.257 e. The lowest BCUT2D eigenvalue weighted by molar-refractivity contribution is 0.102. The quantitative estimate of drug-likeness (QED) is 0.285. The van der Waals surface area contributed by atoms with Crippen molar-refractivity contribution in [1.82, 2.24) is 25.0 Å². The van der Waals surface area contributed by atoms with Gasteiger partial charge in [-0.3, -0.25) is 19.6 Å². The van der Waals surface area contributed by atoms with Crippen LogP contribution in [0.3, 0.4) is 0 Å². The number of aromatic nitrogens is 5. The minimum Gasteiger partial charge on any atom is -0.307 e. The Morgan fingerprint density at radius 3 is 2.78 bits per heavy atom. The minimum atomic E-state index is -0.145. The van der Waals surface area contributed by atoms with Crippen molar-refractivity contribution in [3.8, 4) is 0 Å². The van der Waals surface area contributed by atoms with Crippen LogP contribution in [-0.2, 0) is 7.05 Å². The van der Waals surface area contributed by atoms with Crippen molar-refractivity contribution in [2.24, 2.45) is 7.05 Å². The van der Waals surface area contributed by atoms with Gasteiger partial charge in [0.2, 0.25) is 0 Å². The number of carbonyl (C=O) groups is 1. The lowest BCUT2D eigenvalue weighted by Gasteiger charge is -2.10. The van der Waals surface area contributed by atoms with E-state index in [1.54, 1.807) is 22.6 Å². The van der Waals surface area contributed by atoms with E-state index in [4.69, 9.17) is 0 Å². The summed E-state index contributed by atoms with van der Waals surface area (Å²) in [6, 6.07) is 21.6. The molecular formula is C28H24N6OS. The van der Waals surface area contributed by atoms with E-state index < -0.39 is 0 Å². The number of anilines is 1. The number of nitrogens with zero attached hydrogens (tertiary/aromatic N) is 4. The summed E-state index contributed by atoms with van der Waals surface area (Å²) in [5.41, 5.74) is 4.35. The largest absolute Gasteiger partial charge is 0.307 e. The zero-order valence-corrected chi connectivity index (χ0v) is 20.5. The predicted molar refractivity (Wildman–Crippen MR) is 143 cm³/mol. The summed E-state index contributed by atoms with van der Waals surface area (Å²) in [6.07, 6.45) is 8.02. The first-order valence-corrected chi connectivity index (χ1v) is 12.6. The summed E-state index contributed by atoms with van der Waals surface area (Å²) in [4.78, 5) is 19.4. The van der Waals surface area contributed by atoms with Gasteiger partial charge in [-0.2, -0.15) is 10.2 Å². The van der Waals surface area contributed by atoms with Crippen molar-refractivity contribution < 1.29 is 4.79 Å².